The van der Waals surface area contributed by atoms with Gasteiger partial charge in [0, 0.05) is 36.2 Å². The minimum absolute atomic E-state index is 0. The molecule has 1 N–H and O–H groups in total. The van der Waals surface area contributed by atoms with E-state index in [0.717, 1.165) is 0 Å². The molecule has 9 heteroatoms. The Balaban J connectivity index is 0.00000176. The van der Waals surface area contributed by atoms with Gasteiger partial charge in [-0.05, 0) is 28.9 Å². The zero-order valence-electron chi connectivity index (χ0n) is 12.0. The molecule has 2 heterocycles. The summed E-state index contributed by atoms with van der Waals surface area (Å²) >= 11 is 3.34. The van der Waals surface area contributed by atoms with Crippen LogP contribution >= 0.6 is 28.3 Å². The van der Waals surface area contributed by atoms with Gasteiger partial charge < -0.3 is 14.8 Å². The third kappa shape index (κ3) is 3.35. The van der Waals surface area contributed by atoms with Gasteiger partial charge in [0.25, 0.3) is 0 Å². The maximum Gasteiger partial charge on any atom is 0.244 e. The van der Waals surface area contributed by atoms with Crippen LogP contribution in [0, 0.1) is 0 Å². The normalized spacial score (nSPS) is 22.0. The number of hydrogen-bond acceptors (Lipinski definition) is 5. The number of sulfonamides is 1. The number of nitrogens with zero attached hydrogens (tertiary/aromatic N) is 1. The lowest BCUT2D eigenvalue weighted by molar-refractivity contribution is 0.171. The quantitative estimate of drug-likeness (QED) is 0.798. The van der Waals surface area contributed by atoms with E-state index in [4.69, 9.17) is 9.47 Å². The second-order valence-corrected chi connectivity index (χ2v) is 7.91. The summed E-state index contributed by atoms with van der Waals surface area (Å²) in [6, 6.07) is 3.35. The van der Waals surface area contributed by atoms with Gasteiger partial charge in [-0.3, -0.25) is 0 Å². The summed E-state index contributed by atoms with van der Waals surface area (Å²) in [5.41, 5.74) is 0. The average Bonchev–Trinajstić information content (AvgIpc) is 2.46. The van der Waals surface area contributed by atoms with Gasteiger partial charge >= 0.3 is 0 Å². The van der Waals surface area contributed by atoms with Crippen molar-refractivity contribution < 1.29 is 17.9 Å². The van der Waals surface area contributed by atoms with Crippen LogP contribution in [0.5, 0.6) is 11.5 Å². The molecular formula is C13H18BrClN2O4S. The summed E-state index contributed by atoms with van der Waals surface area (Å²) in [7, 11) is -3.55. The molecule has 1 aromatic rings. The fourth-order valence-electron chi connectivity index (χ4n) is 2.50. The maximum absolute atomic E-state index is 12.8. The largest absolute Gasteiger partial charge is 0.486 e. The Hall–Kier alpha value is -0.540. The van der Waals surface area contributed by atoms with Crippen LogP contribution in [0.2, 0.25) is 0 Å². The summed E-state index contributed by atoms with van der Waals surface area (Å²) in [5.74, 6) is 1.05. The SMILES string of the molecule is CC1CN(S(=O)(=O)c2cc3c(cc2Br)OCCO3)CCN1.Cl. The Kier molecular flexibility index (Phi) is 5.60. The van der Waals surface area contributed by atoms with E-state index in [0.29, 0.717) is 48.8 Å². The molecule has 0 amide bonds. The monoisotopic (exact) mass is 412 g/mol. The molecule has 2 aliphatic heterocycles. The highest BCUT2D eigenvalue weighted by Crippen LogP contribution is 2.38. The van der Waals surface area contributed by atoms with E-state index in [9.17, 15) is 8.42 Å². The smallest absolute Gasteiger partial charge is 0.244 e. The first kappa shape index (κ1) is 17.8. The number of ether oxygens (including phenoxy) is 2. The Morgan fingerprint density at radius 2 is 1.91 bits per heavy atom. The third-order valence-electron chi connectivity index (χ3n) is 3.55. The number of hydrogen-bond donors (Lipinski definition) is 1. The van der Waals surface area contributed by atoms with E-state index >= 15 is 0 Å². The predicted molar refractivity (Wildman–Crippen MR) is 88.6 cm³/mol. The van der Waals surface area contributed by atoms with E-state index in [1.165, 1.54) is 4.31 Å². The van der Waals surface area contributed by atoms with Crippen molar-refractivity contribution in [1.29, 1.82) is 0 Å². The summed E-state index contributed by atoms with van der Waals surface area (Å²) in [5, 5.41) is 3.24. The first-order valence-corrected chi connectivity index (χ1v) is 9.04. The van der Waals surface area contributed by atoms with E-state index in [1.807, 2.05) is 6.92 Å². The first-order valence-electron chi connectivity index (χ1n) is 6.81. The van der Waals surface area contributed by atoms with Gasteiger partial charge in [-0.2, -0.15) is 4.31 Å². The van der Waals surface area contributed by atoms with Crippen LogP contribution in [0.3, 0.4) is 0 Å². The number of benzene rings is 1. The molecule has 3 rings (SSSR count). The lowest BCUT2D eigenvalue weighted by Crippen LogP contribution is -2.51. The minimum atomic E-state index is -3.55. The van der Waals surface area contributed by atoms with E-state index in [1.54, 1.807) is 12.1 Å². The number of piperazine rings is 1. The van der Waals surface area contributed by atoms with Crippen molar-refractivity contribution in [3.63, 3.8) is 0 Å². The summed E-state index contributed by atoms with van der Waals surface area (Å²) in [6.07, 6.45) is 0. The standard InChI is InChI=1S/C13H17BrN2O4S.ClH/c1-9-8-16(3-2-15-9)21(17,18)13-7-12-11(6-10(13)14)19-4-5-20-12;/h6-7,9,15H,2-5,8H2,1H3;1H. The molecule has 6 nitrogen and oxygen atoms in total. The van der Waals surface area contributed by atoms with Crippen molar-refractivity contribution in [2.75, 3.05) is 32.8 Å². The van der Waals surface area contributed by atoms with Crippen LogP contribution < -0.4 is 14.8 Å². The fraction of sp³-hybridized carbons (Fsp3) is 0.538. The van der Waals surface area contributed by atoms with Crippen LogP contribution in [0.15, 0.2) is 21.5 Å². The minimum Gasteiger partial charge on any atom is -0.486 e. The van der Waals surface area contributed by atoms with Gasteiger partial charge in [0.2, 0.25) is 10.0 Å². The van der Waals surface area contributed by atoms with Crippen LogP contribution in [0.1, 0.15) is 6.92 Å². The highest BCUT2D eigenvalue weighted by Gasteiger charge is 2.31. The van der Waals surface area contributed by atoms with E-state index in [2.05, 4.69) is 21.2 Å². The zero-order valence-corrected chi connectivity index (χ0v) is 15.3. The molecule has 1 aromatic carbocycles. The molecule has 0 bridgehead atoms. The Morgan fingerprint density at radius 1 is 1.27 bits per heavy atom. The molecule has 2 aliphatic rings. The van der Waals surface area contributed by atoms with Crippen LogP contribution in [-0.2, 0) is 10.0 Å². The lowest BCUT2D eigenvalue weighted by atomic mass is 10.3. The summed E-state index contributed by atoms with van der Waals surface area (Å²) < 4.78 is 38.6. The van der Waals surface area contributed by atoms with Crippen LogP contribution in [0.25, 0.3) is 0 Å². The molecule has 1 atom stereocenters. The molecule has 0 spiro atoms. The topological polar surface area (TPSA) is 67.9 Å². The summed E-state index contributed by atoms with van der Waals surface area (Å²) in [4.78, 5) is 0.223. The van der Waals surface area contributed by atoms with Gasteiger partial charge in [-0.1, -0.05) is 0 Å². The number of halogens is 2. The molecule has 0 saturated carbocycles. The zero-order chi connectivity index (χ0) is 15.0. The Labute approximate surface area is 144 Å². The molecule has 1 saturated heterocycles. The van der Waals surface area contributed by atoms with Crippen LogP contribution in [-0.4, -0.2) is 51.6 Å². The molecule has 0 aliphatic carbocycles. The number of fused-ring (bicyclic) bond motifs is 1. The van der Waals surface area contributed by atoms with Crippen molar-refractivity contribution in [2.24, 2.45) is 0 Å². The fourth-order valence-corrected chi connectivity index (χ4v) is 5.02. The van der Waals surface area contributed by atoms with Crippen molar-refractivity contribution >= 4 is 38.4 Å². The van der Waals surface area contributed by atoms with Crippen molar-refractivity contribution in [3.05, 3.63) is 16.6 Å². The lowest BCUT2D eigenvalue weighted by Gasteiger charge is -2.31. The van der Waals surface area contributed by atoms with Gasteiger partial charge in [0.05, 0.1) is 0 Å². The maximum atomic E-state index is 12.8. The van der Waals surface area contributed by atoms with Gasteiger partial charge in [0.1, 0.15) is 18.1 Å². The van der Waals surface area contributed by atoms with E-state index < -0.39 is 10.0 Å². The predicted octanol–water partition coefficient (Wildman–Crippen LogP) is 1.62. The molecule has 1 unspecified atom stereocenters. The molecule has 124 valence electrons. The van der Waals surface area contributed by atoms with Crippen LogP contribution in [0.4, 0.5) is 0 Å². The Bertz CT molecular complexity index is 656. The highest BCUT2D eigenvalue weighted by molar-refractivity contribution is 9.10. The second kappa shape index (κ2) is 6.92. The second-order valence-electron chi connectivity index (χ2n) is 5.14. The molecule has 22 heavy (non-hydrogen) atoms. The average molecular weight is 414 g/mol. The van der Waals surface area contributed by atoms with Gasteiger partial charge in [-0.25, -0.2) is 8.42 Å². The van der Waals surface area contributed by atoms with Gasteiger partial charge in [0.15, 0.2) is 11.5 Å². The number of nitrogens with one attached hydrogen (secondary N) is 1. The molecule has 0 radical (unpaired) electrons. The number of rotatable bonds is 2. The van der Waals surface area contributed by atoms with Crippen molar-refractivity contribution in [3.8, 4) is 11.5 Å². The van der Waals surface area contributed by atoms with Crippen molar-refractivity contribution in [2.45, 2.75) is 17.9 Å². The first-order chi connectivity index (χ1) is 9.98. The van der Waals surface area contributed by atoms with E-state index in [-0.39, 0.29) is 23.3 Å². The third-order valence-corrected chi connectivity index (χ3v) is 6.37. The highest BCUT2D eigenvalue weighted by atomic mass is 79.9. The van der Waals surface area contributed by atoms with Crippen molar-refractivity contribution in [1.82, 2.24) is 9.62 Å². The Morgan fingerprint density at radius 3 is 2.55 bits per heavy atom. The molecule has 0 aromatic heterocycles. The molecular weight excluding hydrogens is 396 g/mol. The summed E-state index contributed by atoms with van der Waals surface area (Å²) in [6.45, 7) is 4.46. The van der Waals surface area contributed by atoms with Gasteiger partial charge in [-0.15, -0.1) is 12.4 Å². The molecule has 1 fully saturated rings.